The number of nitrogens with one attached hydrogen (secondary N) is 2. The quantitative estimate of drug-likeness (QED) is 0.622. The van der Waals surface area contributed by atoms with E-state index in [4.69, 9.17) is 10.5 Å². The summed E-state index contributed by atoms with van der Waals surface area (Å²) in [4.78, 5) is 8.24. The minimum atomic E-state index is 0.332. The van der Waals surface area contributed by atoms with Crippen LogP contribution in [0.2, 0.25) is 0 Å². The first-order valence-corrected chi connectivity index (χ1v) is 5.78. The standard InChI is InChI=1S/C11H21N5O/c1-4-8(2)16-11-9(12)10(14-7-15-11)13-5-6-17-3/h7-8H,4-6,12H2,1-3H3,(H2,13,14,15,16). The third kappa shape index (κ3) is 4.07. The van der Waals surface area contributed by atoms with Crippen molar-refractivity contribution in [3.8, 4) is 0 Å². The Morgan fingerprint density at radius 2 is 2.12 bits per heavy atom. The summed E-state index contributed by atoms with van der Waals surface area (Å²) in [6.45, 7) is 5.46. The Balaban J connectivity index is 2.69. The molecule has 0 saturated carbocycles. The van der Waals surface area contributed by atoms with Gasteiger partial charge in [-0.3, -0.25) is 0 Å². The highest BCUT2D eigenvalue weighted by atomic mass is 16.5. The maximum atomic E-state index is 5.98. The van der Waals surface area contributed by atoms with Crippen LogP contribution in [-0.4, -0.2) is 36.3 Å². The summed E-state index contributed by atoms with van der Waals surface area (Å²) in [7, 11) is 1.65. The molecule has 1 rings (SSSR count). The van der Waals surface area contributed by atoms with E-state index in [1.807, 2.05) is 0 Å². The van der Waals surface area contributed by atoms with Gasteiger partial charge in [-0.25, -0.2) is 9.97 Å². The first-order chi connectivity index (χ1) is 8.19. The average Bonchev–Trinajstić information content (AvgIpc) is 2.34. The number of aromatic nitrogens is 2. The number of nitrogen functional groups attached to an aromatic ring is 1. The Morgan fingerprint density at radius 3 is 2.76 bits per heavy atom. The molecule has 0 fully saturated rings. The zero-order chi connectivity index (χ0) is 12.7. The monoisotopic (exact) mass is 239 g/mol. The molecule has 0 aliphatic rings. The van der Waals surface area contributed by atoms with Crippen molar-refractivity contribution >= 4 is 17.3 Å². The molecular formula is C11H21N5O. The van der Waals surface area contributed by atoms with Crippen molar-refractivity contribution in [3.63, 3.8) is 0 Å². The lowest BCUT2D eigenvalue weighted by atomic mass is 10.2. The molecule has 1 aromatic rings. The average molecular weight is 239 g/mol. The third-order valence-corrected chi connectivity index (χ3v) is 2.48. The van der Waals surface area contributed by atoms with Crippen LogP contribution in [0.4, 0.5) is 17.3 Å². The van der Waals surface area contributed by atoms with Crippen LogP contribution in [0.25, 0.3) is 0 Å². The molecule has 1 unspecified atom stereocenters. The zero-order valence-electron chi connectivity index (χ0n) is 10.7. The fraction of sp³-hybridized carbons (Fsp3) is 0.636. The van der Waals surface area contributed by atoms with Gasteiger partial charge in [-0.15, -0.1) is 0 Å². The van der Waals surface area contributed by atoms with Gasteiger partial charge >= 0.3 is 0 Å². The molecule has 0 radical (unpaired) electrons. The van der Waals surface area contributed by atoms with Crippen molar-refractivity contribution in [1.82, 2.24) is 9.97 Å². The van der Waals surface area contributed by atoms with Gasteiger partial charge < -0.3 is 21.1 Å². The van der Waals surface area contributed by atoms with Crippen molar-refractivity contribution in [2.45, 2.75) is 26.3 Å². The highest BCUT2D eigenvalue weighted by molar-refractivity contribution is 5.74. The van der Waals surface area contributed by atoms with Crippen LogP contribution in [0.15, 0.2) is 6.33 Å². The number of methoxy groups -OCH3 is 1. The lowest BCUT2D eigenvalue weighted by molar-refractivity contribution is 0.210. The maximum Gasteiger partial charge on any atom is 0.155 e. The van der Waals surface area contributed by atoms with Gasteiger partial charge in [0.15, 0.2) is 11.6 Å². The topological polar surface area (TPSA) is 85.1 Å². The number of ether oxygens (including phenoxy) is 1. The smallest absolute Gasteiger partial charge is 0.155 e. The Labute approximate surface area is 102 Å². The van der Waals surface area contributed by atoms with Crippen molar-refractivity contribution in [2.24, 2.45) is 0 Å². The minimum absolute atomic E-state index is 0.332. The first kappa shape index (κ1) is 13.5. The van der Waals surface area contributed by atoms with E-state index in [1.54, 1.807) is 7.11 Å². The zero-order valence-corrected chi connectivity index (χ0v) is 10.7. The lowest BCUT2D eigenvalue weighted by Gasteiger charge is -2.15. The first-order valence-electron chi connectivity index (χ1n) is 5.78. The second-order valence-corrected chi connectivity index (χ2v) is 3.86. The third-order valence-electron chi connectivity index (χ3n) is 2.48. The normalized spacial score (nSPS) is 12.2. The van der Waals surface area contributed by atoms with Crippen LogP contribution >= 0.6 is 0 Å². The van der Waals surface area contributed by atoms with Crippen LogP contribution in [-0.2, 0) is 4.74 Å². The van der Waals surface area contributed by atoms with Gasteiger partial charge in [0.2, 0.25) is 0 Å². The summed E-state index contributed by atoms with van der Waals surface area (Å²) < 4.78 is 4.95. The van der Waals surface area contributed by atoms with Gasteiger partial charge in [0.1, 0.15) is 12.0 Å². The van der Waals surface area contributed by atoms with E-state index in [-0.39, 0.29) is 0 Å². The van der Waals surface area contributed by atoms with Gasteiger partial charge in [0.05, 0.1) is 6.61 Å². The molecule has 6 heteroatoms. The summed E-state index contributed by atoms with van der Waals surface area (Å²) in [5.74, 6) is 1.32. The predicted octanol–water partition coefficient (Wildman–Crippen LogP) is 1.33. The van der Waals surface area contributed by atoms with Gasteiger partial charge in [-0.05, 0) is 13.3 Å². The lowest BCUT2D eigenvalue weighted by Crippen LogP contribution is -2.18. The van der Waals surface area contributed by atoms with E-state index in [0.29, 0.717) is 36.5 Å². The summed E-state index contributed by atoms with van der Waals surface area (Å²) in [5, 5.41) is 6.35. The SMILES string of the molecule is CCC(C)Nc1ncnc(NCCOC)c1N. The van der Waals surface area contributed by atoms with Crippen LogP contribution in [0.1, 0.15) is 20.3 Å². The van der Waals surface area contributed by atoms with Crippen molar-refractivity contribution < 1.29 is 4.74 Å². The minimum Gasteiger partial charge on any atom is -0.393 e. The van der Waals surface area contributed by atoms with Gasteiger partial charge in [-0.2, -0.15) is 0 Å². The van der Waals surface area contributed by atoms with E-state index in [0.717, 1.165) is 6.42 Å². The summed E-state index contributed by atoms with van der Waals surface area (Å²) in [5.41, 5.74) is 6.52. The molecule has 4 N–H and O–H groups in total. The largest absolute Gasteiger partial charge is 0.393 e. The second-order valence-electron chi connectivity index (χ2n) is 3.86. The van der Waals surface area contributed by atoms with Gasteiger partial charge in [0, 0.05) is 19.7 Å². The second kappa shape index (κ2) is 6.90. The Kier molecular flexibility index (Phi) is 5.48. The number of nitrogens with two attached hydrogens (primary N) is 1. The van der Waals surface area contributed by atoms with Crippen molar-refractivity contribution in [3.05, 3.63) is 6.33 Å². The molecule has 0 bridgehead atoms. The summed E-state index contributed by atoms with van der Waals surface area (Å²) in [6, 6.07) is 0.332. The fourth-order valence-electron chi connectivity index (χ4n) is 1.26. The molecule has 1 aromatic heterocycles. The molecule has 0 spiro atoms. The van der Waals surface area contributed by atoms with Crippen molar-refractivity contribution in [1.29, 1.82) is 0 Å². The number of hydrogen-bond acceptors (Lipinski definition) is 6. The molecular weight excluding hydrogens is 218 g/mol. The van der Waals surface area contributed by atoms with E-state index in [1.165, 1.54) is 6.33 Å². The highest BCUT2D eigenvalue weighted by Gasteiger charge is 2.09. The van der Waals surface area contributed by atoms with Crippen LogP contribution < -0.4 is 16.4 Å². The fourth-order valence-corrected chi connectivity index (χ4v) is 1.26. The molecule has 96 valence electrons. The molecule has 0 amide bonds. The van der Waals surface area contributed by atoms with Gasteiger partial charge in [0.25, 0.3) is 0 Å². The molecule has 1 heterocycles. The molecule has 1 atom stereocenters. The summed E-state index contributed by atoms with van der Waals surface area (Å²) >= 11 is 0. The highest BCUT2D eigenvalue weighted by Crippen LogP contribution is 2.22. The molecule has 6 nitrogen and oxygen atoms in total. The predicted molar refractivity (Wildman–Crippen MR) is 70.2 cm³/mol. The Morgan fingerprint density at radius 1 is 1.41 bits per heavy atom. The Bertz CT molecular complexity index is 345. The van der Waals surface area contributed by atoms with Crippen LogP contribution in [0, 0.1) is 0 Å². The maximum absolute atomic E-state index is 5.98. The number of hydrogen-bond donors (Lipinski definition) is 3. The van der Waals surface area contributed by atoms with Crippen molar-refractivity contribution in [2.75, 3.05) is 36.6 Å². The van der Waals surface area contributed by atoms with Gasteiger partial charge in [-0.1, -0.05) is 6.92 Å². The number of nitrogens with zero attached hydrogens (tertiary/aromatic N) is 2. The summed E-state index contributed by atoms with van der Waals surface area (Å²) in [6.07, 6.45) is 2.51. The van der Waals surface area contributed by atoms with E-state index < -0.39 is 0 Å². The van der Waals surface area contributed by atoms with E-state index in [9.17, 15) is 0 Å². The number of rotatable bonds is 7. The van der Waals surface area contributed by atoms with E-state index in [2.05, 4.69) is 34.4 Å². The van der Waals surface area contributed by atoms with E-state index >= 15 is 0 Å². The molecule has 17 heavy (non-hydrogen) atoms. The van der Waals surface area contributed by atoms with Crippen LogP contribution in [0.3, 0.4) is 0 Å². The molecule has 0 aromatic carbocycles. The number of anilines is 3. The molecule has 0 aliphatic carbocycles. The Hall–Kier alpha value is -1.56. The molecule has 0 saturated heterocycles. The van der Waals surface area contributed by atoms with Crippen LogP contribution in [0.5, 0.6) is 0 Å². The molecule has 0 aliphatic heterocycles.